The fourth-order valence-corrected chi connectivity index (χ4v) is 3.26. The average molecular weight is 217 g/mol. The smallest absolute Gasteiger partial charge is 0.0608 e. The molecule has 3 N–H and O–H groups in total. The van der Waals surface area contributed by atoms with Crippen LogP contribution in [0.15, 0.2) is 0 Å². The van der Waals surface area contributed by atoms with Crippen LogP contribution in [0.3, 0.4) is 0 Å². The maximum atomic E-state index is 8.97. The number of nitrogens with two attached hydrogens (primary N) is 1. The molecule has 1 unspecified atom stereocenters. The summed E-state index contributed by atoms with van der Waals surface area (Å²) >= 11 is 2.00. The molecular weight excluding hydrogens is 194 g/mol. The molecular formula is C11H23NOS. The van der Waals surface area contributed by atoms with Crippen LogP contribution in [0.2, 0.25) is 0 Å². The summed E-state index contributed by atoms with van der Waals surface area (Å²) < 4.78 is 0. The van der Waals surface area contributed by atoms with Crippen molar-refractivity contribution in [1.29, 1.82) is 0 Å². The van der Waals surface area contributed by atoms with E-state index in [1.807, 2.05) is 18.7 Å². The van der Waals surface area contributed by atoms with Crippen LogP contribution in [0.25, 0.3) is 0 Å². The van der Waals surface area contributed by atoms with Crippen molar-refractivity contribution in [2.45, 2.75) is 44.6 Å². The Balaban J connectivity index is 1.98. The Morgan fingerprint density at radius 3 is 2.64 bits per heavy atom. The van der Waals surface area contributed by atoms with E-state index in [1.165, 1.54) is 31.4 Å². The van der Waals surface area contributed by atoms with E-state index < -0.39 is 0 Å². The van der Waals surface area contributed by atoms with Crippen molar-refractivity contribution in [2.24, 2.45) is 11.7 Å². The standard InChI is InChI=1S/C11H23NOS/c1-11(12,9-13)6-7-14-8-10-4-2-3-5-10/h10,13H,2-9,12H2,1H3. The molecule has 0 spiro atoms. The topological polar surface area (TPSA) is 46.2 Å². The van der Waals surface area contributed by atoms with Gasteiger partial charge in [-0.05, 0) is 43.6 Å². The highest BCUT2D eigenvalue weighted by Gasteiger charge is 2.18. The van der Waals surface area contributed by atoms with E-state index in [0.29, 0.717) is 0 Å². The molecule has 84 valence electrons. The summed E-state index contributed by atoms with van der Waals surface area (Å²) in [5.74, 6) is 3.34. The zero-order valence-corrected chi connectivity index (χ0v) is 9.98. The third kappa shape index (κ3) is 4.67. The Labute approximate surface area is 91.6 Å². The first kappa shape index (κ1) is 12.3. The maximum absolute atomic E-state index is 8.97. The highest BCUT2D eigenvalue weighted by molar-refractivity contribution is 7.99. The van der Waals surface area contributed by atoms with Gasteiger partial charge >= 0.3 is 0 Å². The van der Waals surface area contributed by atoms with Crippen LogP contribution < -0.4 is 5.73 Å². The molecule has 0 aromatic rings. The fraction of sp³-hybridized carbons (Fsp3) is 1.00. The van der Waals surface area contributed by atoms with Crippen molar-refractivity contribution >= 4 is 11.8 Å². The number of hydrogen-bond acceptors (Lipinski definition) is 3. The van der Waals surface area contributed by atoms with Crippen LogP contribution in [0.1, 0.15) is 39.0 Å². The van der Waals surface area contributed by atoms with Crippen molar-refractivity contribution in [3.05, 3.63) is 0 Å². The van der Waals surface area contributed by atoms with E-state index in [0.717, 1.165) is 18.1 Å². The van der Waals surface area contributed by atoms with Crippen LogP contribution >= 0.6 is 11.8 Å². The van der Waals surface area contributed by atoms with Crippen LogP contribution in [-0.2, 0) is 0 Å². The highest BCUT2D eigenvalue weighted by atomic mass is 32.2. The normalized spacial score (nSPS) is 22.5. The molecule has 0 aromatic heterocycles. The summed E-state index contributed by atoms with van der Waals surface area (Å²) in [6.45, 7) is 2.01. The summed E-state index contributed by atoms with van der Waals surface area (Å²) in [6.07, 6.45) is 6.62. The van der Waals surface area contributed by atoms with Gasteiger partial charge in [0.25, 0.3) is 0 Å². The lowest BCUT2D eigenvalue weighted by atomic mass is 10.0. The minimum atomic E-state index is -0.372. The van der Waals surface area contributed by atoms with Crippen molar-refractivity contribution in [2.75, 3.05) is 18.1 Å². The zero-order valence-electron chi connectivity index (χ0n) is 9.17. The zero-order chi connectivity index (χ0) is 10.4. The summed E-state index contributed by atoms with van der Waals surface area (Å²) in [5.41, 5.74) is 5.47. The molecule has 1 aliphatic rings. The summed E-state index contributed by atoms with van der Waals surface area (Å²) in [4.78, 5) is 0. The average Bonchev–Trinajstić information content (AvgIpc) is 2.65. The van der Waals surface area contributed by atoms with E-state index in [-0.39, 0.29) is 12.1 Å². The number of thioether (sulfide) groups is 1. The number of hydrogen-bond donors (Lipinski definition) is 2. The minimum Gasteiger partial charge on any atom is -0.394 e. The van der Waals surface area contributed by atoms with Crippen LogP contribution in [0, 0.1) is 5.92 Å². The monoisotopic (exact) mass is 217 g/mol. The molecule has 1 saturated carbocycles. The second-order valence-electron chi connectivity index (χ2n) is 4.79. The molecule has 1 fully saturated rings. The number of rotatable bonds is 6. The van der Waals surface area contributed by atoms with Crippen molar-refractivity contribution in [3.8, 4) is 0 Å². The van der Waals surface area contributed by atoms with Gasteiger partial charge in [-0.15, -0.1) is 0 Å². The Kier molecular flexibility index (Phi) is 5.28. The van der Waals surface area contributed by atoms with Crippen molar-refractivity contribution in [1.82, 2.24) is 0 Å². The molecule has 0 bridgehead atoms. The van der Waals surface area contributed by atoms with Gasteiger partial charge < -0.3 is 10.8 Å². The van der Waals surface area contributed by atoms with E-state index >= 15 is 0 Å². The molecule has 0 radical (unpaired) electrons. The quantitative estimate of drug-likeness (QED) is 0.669. The lowest BCUT2D eigenvalue weighted by Crippen LogP contribution is -2.40. The first-order chi connectivity index (χ1) is 6.64. The number of aliphatic hydroxyl groups is 1. The molecule has 0 aliphatic heterocycles. The summed E-state index contributed by atoms with van der Waals surface area (Å²) in [5, 5.41) is 8.97. The SMILES string of the molecule is CC(N)(CO)CCSCC1CCCC1. The Morgan fingerprint density at radius 1 is 1.43 bits per heavy atom. The molecule has 1 atom stereocenters. The van der Waals surface area contributed by atoms with Gasteiger partial charge in [0.1, 0.15) is 0 Å². The van der Waals surface area contributed by atoms with E-state index in [4.69, 9.17) is 10.8 Å². The van der Waals surface area contributed by atoms with Gasteiger partial charge in [-0.1, -0.05) is 12.8 Å². The Morgan fingerprint density at radius 2 is 2.07 bits per heavy atom. The van der Waals surface area contributed by atoms with Crippen molar-refractivity contribution in [3.63, 3.8) is 0 Å². The third-order valence-corrected chi connectivity index (χ3v) is 4.21. The summed E-state index contributed by atoms with van der Waals surface area (Å²) in [7, 11) is 0. The van der Waals surface area contributed by atoms with Gasteiger partial charge in [-0.3, -0.25) is 0 Å². The summed E-state index contributed by atoms with van der Waals surface area (Å²) in [6, 6.07) is 0. The van der Waals surface area contributed by atoms with E-state index in [2.05, 4.69) is 0 Å². The van der Waals surface area contributed by atoms with Gasteiger partial charge in [-0.25, -0.2) is 0 Å². The molecule has 0 saturated heterocycles. The molecule has 1 rings (SSSR count). The lowest BCUT2D eigenvalue weighted by molar-refractivity contribution is 0.206. The van der Waals surface area contributed by atoms with Gasteiger partial charge in [0.2, 0.25) is 0 Å². The molecule has 1 aliphatic carbocycles. The second kappa shape index (κ2) is 5.99. The Bertz CT molecular complexity index is 155. The van der Waals surface area contributed by atoms with Crippen LogP contribution in [0.4, 0.5) is 0 Å². The van der Waals surface area contributed by atoms with Crippen LogP contribution in [0.5, 0.6) is 0 Å². The molecule has 14 heavy (non-hydrogen) atoms. The number of aliphatic hydroxyl groups excluding tert-OH is 1. The van der Waals surface area contributed by atoms with Gasteiger partial charge in [0, 0.05) is 5.54 Å². The second-order valence-corrected chi connectivity index (χ2v) is 5.94. The molecule has 0 aromatic carbocycles. The third-order valence-electron chi connectivity index (χ3n) is 3.01. The predicted molar refractivity (Wildman–Crippen MR) is 63.6 cm³/mol. The molecule has 2 nitrogen and oxygen atoms in total. The van der Waals surface area contributed by atoms with E-state index in [9.17, 15) is 0 Å². The van der Waals surface area contributed by atoms with E-state index in [1.54, 1.807) is 0 Å². The minimum absolute atomic E-state index is 0.0942. The maximum Gasteiger partial charge on any atom is 0.0608 e. The van der Waals surface area contributed by atoms with Gasteiger partial charge in [0.05, 0.1) is 6.61 Å². The van der Waals surface area contributed by atoms with Crippen LogP contribution in [-0.4, -0.2) is 28.8 Å². The fourth-order valence-electron chi connectivity index (χ4n) is 1.81. The molecule has 0 amide bonds. The van der Waals surface area contributed by atoms with Gasteiger partial charge in [0.15, 0.2) is 0 Å². The Hall–Kier alpha value is 0.270. The molecule has 0 heterocycles. The molecule has 3 heteroatoms. The highest BCUT2D eigenvalue weighted by Crippen LogP contribution is 2.28. The van der Waals surface area contributed by atoms with Gasteiger partial charge in [-0.2, -0.15) is 11.8 Å². The predicted octanol–water partition coefficient (Wildman–Crippen LogP) is 2.01. The first-order valence-electron chi connectivity index (χ1n) is 5.61. The largest absolute Gasteiger partial charge is 0.394 e. The van der Waals surface area contributed by atoms with Crippen molar-refractivity contribution < 1.29 is 5.11 Å². The lowest BCUT2D eigenvalue weighted by Gasteiger charge is -2.21. The first-order valence-corrected chi connectivity index (χ1v) is 6.77.